The summed E-state index contributed by atoms with van der Waals surface area (Å²) in [6, 6.07) is 7.81. The van der Waals surface area contributed by atoms with Crippen LogP contribution in [0.5, 0.6) is 5.75 Å². The number of ketones is 1. The van der Waals surface area contributed by atoms with Crippen LogP contribution in [-0.2, 0) is 0 Å². The lowest BCUT2D eigenvalue weighted by atomic mass is 9.99. The van der Waals surface area contributed by atoms with E-state index in [0.717, 1.165) is 5.56 Å². The van der Waals surface area contributed by atoms with E-state index < -0.39 is 5.82 Å². The number of anilines is 1. The van der Waals surface area contributed by atoms with Gasteiger partial charge < -0.3 is 10.5 Å². The van der Waals surface area contributed by atoms with E-state index in [1.54, 1.807) is 32.2 Å². The van der Waals surface area contributed by atoms with E-state index in [9.17, 15) is 9.18 Å². The summed E-state index contributed by atoms with van der Waals surface area (Å²) in [5.41, 5.74) is 7.90. The van der Waals surface area contributed by atoms with Gasteiger partial charge in [-0.2, -0.15) is 0 Å². The number of hydrogen-bond donors (Lipinski definition) is 1. The predicted octanol–water partition coefficient (Wildman–Crippen LogP) is 3.26. The summed E-state index contributed by atoms with van der Waals surface area (Å²) in [7, 11) is 1.57. The Hall–Kier alpha value is -2.36. The van der Waals surface area contributed by atoms with Gasteiger partial charge in [-0.3, -0.25) is 4.79 Å². The van der Waals surface area contributed by atoms with Crippen molar-refractivity contribution in [3.63, 3.8) is 0 Å². The van der Waals surface area contributed by atoms with Gasteiger partial charge in [-0.25, -0.2) is 4.39 Å². The molecule has 20 heavy (non-hydrogen) atoms. The first-order valence-electron chi connectivity index (χ1n) is 6.19. The fourth-order valence-corrected chi connectivity index (χ4v) is 2.02. The molecule has 104 valence electrons. The van der Waals surface area contributed by atoms with Crippen molar-refractivity contribution in [2.24, 2.45) is 0 Å². The minimum atomic E-state index is -0.474. The third kappa shape index (κ3) is 2.50. The number of benzene rings is 2. The van der Waals surface area contributed by atoms with Gasteiger partial charge in [0.15, 0.2) is 5.78 Å². The van der Waals surface area contributed by atoms with Gasteiger partial charge in [0.2, 0.25) is 0 Å². The summed E-state index contributed by atoms with van der Waals surface area (Å²) in [4.78, 5) is 12.4. The Balaban J connectivity index is 2.44. The molecule has 0 amide bonds. The highest BCUT2D eigenvalue weighted by atomic mass is 19.1. The number of methoxy groups -OCH3 is 1. The number of carbonyl (C=O) groups is 1. The van der Waals surface area contributed by atoms with Gasteiger partial charge in [-0.15, -0.1) is 0 Å². The average Bonchev–Trinajstić information content (AvgIpc) is 2.43. The van der Waals surface area contributed by atoms with E-state index in [0.29, 0.717) is 16.9 Å². The normalized spacial score (nSPS) is 10.4. The molecule has 3 nitrogen and oxygen atoms in total. The van der Waals surface area contributed by atoms with Crippen LogP contribution >= 0.6 is 0 Å². The van der Waals surface area contributed by atoms with E-state index in [1.165, 1.54) is 12.1 Å². The fraction of sp³-hybridized carbons (Fsp3) is 0.188. The highest BCUT2D eigenvalue weighted by Crippen LogP contribution is 2.23. The molecule has 0 atom stereocenters. The van der Waals surface area contributed by atoms with Gasteiger partial charge in [0.25, 0.3) is 0 Å². The van der Waals surface area contributed by atoms with Gasteiger partial charge in [0, 0.05) is 22.4 Å². The number of halogens is 1. The van der Waals surface area contributed by atoms with Gasteiger partial charge >= 0.3 is 0 Å². The molecule has 0 radical (unpaired) electrons. The summed E-state index contributed by atoms with van der Waals surface area (Å²) in [5.74, 6) is -0.0314. The number of nitrogens with two attached hydrogens (primary N) is 1. The first-order chi connectivity index (χ1) is 9.43. The van der Waals surface area contributed by atoms with Crippen LogP contribution in [0.15, 0.2) is 30.3 Å². The quantitative estimate of drug-likeness (QED) is 0.689. The van der Waals surface area contributed by atoms with Crippen LogP contribution in [0.3, 0.4) is 0 Å². The van der Waals surface area contributed by atoms with Crippen LogP contribution in [0.4, 0.5) is 10.1 Å². The lowest BCUT2D eigenvalue weighted by Gasteiger charge is -2.09. The maximum Gasteiger partial charge on any atom is 0.193 e. The maximum absolute atomic E-state index is 13.7. The monoisotopic (exact) mass is 273 g/mol. The third-order valence-corrected chi connectivity index (χ3v) is 3.30. The Morgan fingerprint density at radius 1 is 1.15 bits per heavy atom. The molecule has 2 N–H and O–H groups in total. The average molecular weight is 273 g/mol. The second kappa shape index (κ2) is 5.33. The lowest BCUT2D eigenvalue weighted by Crippen LogP contribution is -2.05. The standard InChI is InChI=1S/C16H16FNO2/c1-9-6-11(4-5-15(9)20-3)16(19)12-7-13(17)10(2)14(18)8-12/h4-8H,18H2,1-3H3. The molecule has 4 heteroatoms. The topological polar surface area (TPSA) is 52.3 Å². The summed E-state index contributed by atoms with van der Waals surface area (Å²) in [5, 5.41) is 0. The molecule has 0 saturated heterocycles. The molecule has 0 fully saturated rings. The van der Waals surface area contributed by atoms with Gasteiger partial charge in [-0.05, 0) is 49.7 Å². The second-order valence-electron chi connectivity index (χ2n) is 4.69. The number of rotatable bonds is 3. The number of hydrogen-bond acceptors (Lipinski definition) is 3. The van der Waals surface area contributed by atoms with Crippen LogP contribution in [0.2, 0.25) is 0 Å². The molecular formula is C16H16FNO2. The van der Waals surface area contributed by atoms with E-state index in [4.69, 9.17) is 10.5 Å². The minimum absolute atomic E-state index is 0.246. The summed E-state index contributed by atoms with van der Waals surface area (Å²) < 4.78 is 18.8. The summed E-state index contributed by atoms with van der Waals surface area (Å²) in [6.07, 6.45) is 0. The van der Waals surface area contributed by atoms with Crippen LogP contribution in [-0.4, -0.2) is 12.9 Å². The van der Waals surface area contributed by atoms with Crippen molar-refractivity contribution in [2.45, 2.75) is 13.8 Å². The van der Waals surface area contributed by atoms with Gasteiger partial charge in [-0.1, -0.05) is 0 Å². The van der Waals surface area contributed by atoms with Crippen LogP contribution in [0.25, 0.3) is 0 Å². The summed E-state index contributed by atoms with van der Waals surface area (Å²) >= 11 is 0. The number of nitrogen functional groups attached to an aromatic ring is 1. The predicted molar refractivity (Wildman–Crippen MR) is 76.7 cm³/mol. The molecule has 0 spiro atoms. The smallest absolute Gasteiger partial charge is 0.193 e. The SMILES string of the molecule is COc1ccc(C(=O)c2cc(N)c(C)c(F)c2)cc1C. The van der Waals surface area contributed by atoms with Crippen molar-refractivity contribution >= 4 is 11.5 Å². The first-order valence-corrected chi connectivity index (χ1v) is 6.19. The number of carbonyl (C=O) groups excluding carboxylic acids is 1. The van der Waals surface area contributed by atoms with Crippen LogP contribution in [0, 0.1) is 19.7 Å². The maximum atomic E-state index is 13.7. The molecule has 0 saturated carbocycles. The Morgan fingerprint density at radius 2 is 1.85 bits per heavy atom. The zero-order chi connectivity index (χ0) is 14.9. The largest absolute Gasteiger partial charge is 0.496 e. The highest BCUT2D eigenvalue weighted by molar-refractivity contribution is 6.09. The number of aryl methyl sites for hydroxylation is 1. The molecule has 2 rings (SSSR count). The molecule has 0 aliphatic heterocycles. The Bertz CT molecular complexity index is 657. The molecule has 0 aliphatic rings. The van der Waals surface area contributed by atoms with E-state index in [1.807, 2.05) is 6.92 Å². The van der Waals surface area contributed by atoms with Crippen molar-refractivity contribution in [3.05, 3.63) is 58.4 Å². The van der Waals surface area contributed by atoms with Crippen LogP contribution in [0.1, 0.15) is 27.0 Å². The molecule has 0 unspecified atom stereocenters. The lowest BCUT2D eigenvalue weighted by molar-refractivity contribution is 0.103. The van der Waals surface area contributed by atoms with Crippen molar-refractivity contribution in [1.29, 1.82) is 0 Å². The zero-order valence-electron chi connectivity index (χ0n) is 11.7. The van der Waals surface area contributed by atoms with Crippen molar-refractivity contribution in [3.8, 4) is 5.75 Å². The molecule has 2 aromatic rings. The van der Waals surface area contributed by atoms with Gasteiger partial charge in [0.05, 0.1) is 7.11 Å². The van der Waals surface area contributed by atoms with Crippen molar-refractivity contribution in [2.75, 3.05) is 12.8 Å². The fourth-order valence-electron chi connectivity index (χ4n) is 2.02. The van der Waals surface area contributed by atoms with Crippen LogP contribution < -0.4 is 10.5 Å². The minimum Gasteiger partial charge on any atom is -0.496 e. The van der Waals surface area contributed by atoms with Crippen molar-refractivity contribution < 1.29 is 13.9 Å². The highest BCUT2D eigenvalue weighted by Gasteiger charge is 2.14. The Kier molecular flexibility index (Phi) is 3.74. The van der Waals surface area contributed by atoms with E-state index >= 15 is 0 Å². The van der Waals surface area contributed by atoms with Crippen molar-refractivity contribution in [1.82, 2.24) is 0 Å². The van der Waals surface area contributed by atoms with Gasteiger partial charge in [0.1, 0.15) is 11.6 Å². The molecule has 0 bridgehead atoms. The zero-order valence-corrected chi connectivity index (χ0v) is 11.7. The van der Waals surface area contributed by atoms with E-state index in [-0.39, 0.29) is 17.0 Å². The molecule has 0 heterocycles. The van der Waals surface area contributed by atoms with E-state index in [2.05, 4.69) is 0 Å². The molecular weight excluding hydrogens is 257 g/mol. The molecule has 0 aromatic heterocycles. The summed E-state index contributed by atoms with van der Waals surface area (Å²) in [6.45, 7) is 3.43. The molecule has 0 aliphatic carbocycles. The third-order valence-electron chi connectivity index (χ3n) is 3.30. The Labute approximate surface area is 117 Å². The Morgan fingerprint density at radius 3 is 2.40 bits per heavy atom. The number of ether oxygens (including phenoxy) is 1. The molecule has 2 aromatic carbocycles. The second-order valence-corrected chi connectivity index (χ2v) is 4.69. The first kappa shape index (κ1) is 14.1.